The molecule has 3 aliphatic heterocycles. The molecule has 0 spiro atoms. The number of nitrogens with zero attached hydrogens (tertiary/aromatic N) is 3. The number of rotatable bonds is 6. The van der Waals surface area contributed by atoms with Crippen molar-refractivity contribution >= 4 is 5.91 Å². The van der Waals surface area contributed by atoms with Crippen molar-refractivity contribution in [2.45, 2.75) is 57.0 Å². The van der Waals surface area contributed by atoms with Crippen molar-refractivity contribution < 1.29 is 4.79 Å². The molecule has 0 aliphatic carbocycles. The Morgan fingerprint density at radius 1 is 0.900 bits per heavy atom. The molecule has 3 aliphatic rings. The minimum atomic E-state index is 0.168. The van der Waals surface area contributed by atoms with Crippen LogP contribution in [0.1, 0.15) is 44.1 Å². The van der Waals surface area contributed by atoms with Crippen molar-refractivity contribution in [3.8, 4) is 0 Å². The fourth-order valence-electron chi connectivity index (χ4n) is 5.65. The number of likely N-dealkylation sites (tertiary alicyclic amines) is 3. The van der Waals surface area contributed by atoms with E-state index < -0.39 is 0 Å². The van der Waals surface area contributed by atoms with Gasteiger partial charge in [-0.25, -0.2) is 0 Å². The van der Waals surface area contributed by atoms with Gasteiger partial charge in [-0.2, -0.15) is 0 Å². The molecule has 0 aromatic heterocycles. The first-order valence-electron chi connectivity index (χ1n) is 12.2. The molecular weight excluding hydrogens is 372 g/mol. The molecule has 1 aromatic rings. The first-order chi connectivity index (χ1) is 14.7. The summed E-state index contributed by atoms with van der Waals surface area (Å²) in [5, 5.41) is 3.20. The third kappa shape index (κ3) is 5.83. The number of benzene rings is 1. The maximum absolute atomic E-state index is 12.8. The summed E-state index contributed by atoms with van der Waals surface area (Å²) in [5.41, 5.74) is 1.29. The summed E-state index contributed by atoms with van der Waals surface area (Å²) in [6, 6.07) is 11.9. The van der Waals surface area contributed by atoms with E-state index in [1.54, 1.807) is 0 Å². The summed E-state index contributed by atoms with van der Waals surface area (Å²) < 4.78 is 0. The predicted octanol–water partition coefficient (Wildman–Crippen LogP) is 2.62. The van der Waals surface area contributed by atoms with Crippen LogP contribution in [0.25, 0.3) is 0 Å². The summed E-state index contributed by atoms with van der Waals surface area (Å²) in [7, 11) is 2.24. The van der Waals surface area contributed by atoms with Crippen LogP contribution in [0, 0.1) is 5.92 Å². The van der Waals surface area contributed by atoms with Gasteiger partial charge in [0.15, 0.2) is 0 Å². The Bertz CT molecular complexity index is 650. The van der Waals surface area contributed by atoms with E-state index in [0.29, 0.717) is 6.04 Å². The average molecular weight is 413 g/mol. The van der Waals surface area contributed by atoms with Gasteiger partial charge in [-0.3, -0.25) is 9.69 Å². The van der Waals surface area contributed by atoms with Crippen LogP contribution in [0.4, 0.5) is 0 Å². The Morgan fingerprint density at radius 3 is 2.30 bits per heavy atom. The van der Waals surface area contributed by atoms with Crippen LogP contribution in [0.2, 0.25) is 0 Å². The maximum Gasteiger partial charge on any atom is 0.224 e. The number of carbonyl (C=O) groups is 1. The molecule has 1 unspecified atom stereocenters. The summed E-state index contributed by atoms with van der Waals surface area (Å²) in [6.07, 6.45) is 8.32. The van der Waals surface area contributed by atoms with Gasteiger partial charge in [0.05, 0.1) is 5.92 Å². The lowest BCUT2D eigenvalue weighted by Gasteiger charge is -2.45. The lowest BCUT2D eigenvalue weighted by molar-refractivity contribution is -0.127. The van der Waals surface area contributed by atoms with Crippen molar-refractivity contribution in [1.82, 2.24) is 20.0 Å². The van der Waals surface area contributed by atoms with Gasteiger partial charge < -0.3 is 15.1 Å². The van der Waals surface area contributed by atoms with Gasteiger partial charge in [-0.15, -0.1) is 0 Å². The fraction of sp³-hybridized carbons (Fsp3) is 0.720. The van der Waals surface area contributed by atoms with Crippen molar-refractivity contribution in [1.29, 1.82) is 0 Å². The fourth-order valence-corrected chi connectivity index (χ4v) is 5.65. The predicted molar refractivity (Wildman–Crippen MR) is 123 cm³/mol. The molecule has 1 N–H and O–H groups in total. The van der Waals surface area contributed by atoms with E-state index in [1.165, 1.54) is 64.0 Å². The summed E-state index contributed by atoms with van der Waals surface area (Å²) in [4.78, 5) is 20.6. The van der Waals surface area contributed by atoms with Crippen molar-refractivity contribution in [3.63, 3.8) is 0 Å². The molecule has 30 heavy (non-hydrogen) atoms. The zero-order valence-electron chi connectivity index (χ0n) is 18.8. The molecule has 5 nitrogen and oxygen atoms in total. The van der Waals surface area contributed by atoms with Crippen LogP contribution in [0.3, 0.4) is 0 Å². The summed E-state index contributed by atoms with van der Waals surface area (Å²) in [5.74, 6) is 0.431. The molecule has 1 atom stereocenters. The number of amides is 1. The second-order valence-corrected chi connectivity index (χ2v) is 9.66. The molecule has 1 aromatic carbocycles. The van der Waals surface area contributed by atoms with Crippen molar-refractivity contribution in [2.24, 2.45) is 5.92 Å². The van der Waals surface area contributed by atoms with Crippen LogP contribution in [-0.2, 0) is 11.2 Å². The number of piperidine rings is 3. The number of hydrogen-bond acceptors (Lipinski definition) is 4. The first kappa shape index (κ1) is 21.8. The molecule has 166 valence electrons. The highest BCUT2D eigenvalue weighted by atomic mass is 16.1. The summed E-state index contributed by atoms with van der Waals surface area (Å²) in [6.45, 7) is 7.85. The molecular formula is C25H40N4O. The molecule has 4 rings (SSSR count). The highest BCUT2D eigenvalue weighted by Crippen LogP contribution is 2.26. The Kier molecular flexibility index (Phi) is 7.80. The number of hydrogen-bond donors (Lipinski definition) is 1. The van der Waals surface area contributed by atoms with Gasteiger partial charge in [-0.05, 0) is 90.3 Å². The van der Waals surface area contributed by atoms with Crippen LogP contribution in [-0.4, -0.2) is 85.6 Å². The molecule has 0 bridgehead atoms. The topological polar surface area (TPSA) is 38.8 Å². The second kappa shape index (κ2) is 10.7. The summed E-state index contributed by atoms with van der Waals surface area (Å²) >= 11 is 0. The van der Waals surface area contributed by atoms with E-state index in [0.717, 1.165) is 38.4 Å². The van der Waals surface area contributed by atoms with Gasteiger partial charge in [0, 0.05) is 25.2 Å². The quantitative estimate of drug-likeness (QED) is 0.780. The van der Waals surface area contributed by atoms with E-state index in [1.807, 2.05) is 6.07 Å². The van der Waals surface area contributed by atoms with Gasteiger partial charge in [0.2, 0.25) is 5.91 Å². The largest absolute Gasteiger partial charge is 0.355 e. The van der Waals surface area contributed by atoms with Gasteiger partial charge in [0.25, 0.3) is 0 Å². The van der Waals surface area contributed by atoms with Crippen LogP contribution >= 0.6 is 0 Å². The van der Waals surface area contributed by atoms with Crippen LogP contribution in [0.15, 0.2) is 30.3 Å². The lowest BCUT2D eigenvalue weighted by Crippen LogP contribution is -2.53. The van der Waals surface area contributed by atoms with E-state index >= 15 is 0 Å². The van der Waals surface area contributed by atoms with E-state index in [-0.39, 0.29) is 11.8 Å². The molecule has 3 fully saturated rings. The maximum atomic E-state index is 12.8. The molecule has 3 heterocycles. The van der Waals surface area contributed by atoms with E-state index in [2.05, 4.69) is 51.3 Å². The minimum Gasteiger partial charge on any atom is -0.355 e. The SMILES string of the molecule is CN1CCC(N2CCC(N3CCCC(C(=O)NCCc4ccccc4)C3)CC2)CC1. The highest BCUT2D eigenvalue weighted by Gasteiger charge is 2.33. The van der Waals surface area contributed by atoms with Crippen molar-refractivity contribution in [3.05, 3.63) is 35.9 Å². The third-order valence-electron chi connectivity index (χ3n) is 7.60. The van der Waals surface area contributed by atoms with Gasteiger partial charge in [-0.1, -0.05) is 30.3 Å². The van der Waals surface area contributed by atoms with E-state index in [9.17, 15) is 4.79 Å². The van der Waals surface area contributed by atoms with E-state index in [4.69, 9.17) is 0 Å². The van der Waals surface area contributed by atoms with Crippen molar-refractivity contribution in [2.75, 3.05) is 52.9 Å². The highest BCUT2D eigenvalue weighted by molar-refractivity contribution is 5.79. The first-order valence-corrected chi connectivity index (χ1v) is 12.2. The molecule has 3 saturated heterocycles. The third-order valence-corrected chi connectivity index (χ3v) is 7.60. The Labute approximate surface area is 182 Å². The number of nitrogens with one attached hydrogen (secondary N) is 1. The molecule has 5 heteroatoms. The van der Waals surface area contributed by atoms with Crippen LogP contribution < -0.4 is 5.32 Å². The monoisotopic (exact) mass is 412 g/mol. The normalized spacial score (nSPS) is 26.0. The van der Waals surface area contributed by atoms with Gasteiger partial charge >= 0.3 is 0 Å². The minimum absolute atomic E-state index is 0.168. The zero-order valence-corrected chi connectivity index (χ0v) is 18.8. The zero-order chi connectivity index (χ0) is 20.8. The number of carbonyl (C=O) groups excluding carboxylic acids is 1. The Balaban J connectivity index is 1.19. The van der Waals surface area contributed by atoms with Crippen LogP contribution in [0.5, 0.6) is 0 Å². The average Bonchev–Trinajstić information content (AvgIpc) is 2.80. The standard InChI is InChI=1S/C25H40N4O/c1-27-16-10-23(11-17-27)28-18-12-24(13-19-28)29-15-5-8-22(20-29)25(30)26-14-9-21-6-3-2-4-7-21/h2-4,6-7,22-24H,5,8-20H2,1H3,(H,26,30). The Hall–Kier alpha value is -1.43. The lowest BCUT2D eigenvalue weighted by atomic mass is 9.92. The smallest absolute Gasteiger partial charge is 0.224 e. The second-order valence-electron chi connectivity index (χ2n) is 9.66. The Morgan fingerprint density at radius 2 is 1.57 bits per heavy atom. The molecule has 0 saturated carbocycles. The molecule has 1 amide bonds. The van der Waals surface area contributed by atoms with Gasteiger partial charge in [0.1, 0.15) is 0 Å². The molecule has 0 radical (unpaired) electrons.